The third-order valence-electron chi connectivity index (χ3n) is 3.22. The van der Waals surface area contributed by atoms with Crippen LogP contribution in [0.15, 0.2) is 59.5 Å². The predicted molar refractivity (Wildman–Crippen MR) is 88.1 cm³/mol. The van der Waals surface area contributed by atoms with E-state index in [9.17, 15) is 4.79 Å². The van der Waals surface area contributed by atoms with E-state index in [-0.39, 0.29) is 5.91 Å². The number of thiol groups is 1. The van der Waals surface area contributed by atoms with E-state index in [4.69, 9.17) is 0 Å². The molecule has 3 nitrogen and oxygen atoms in total. The van der Waals surface area contributed by atoms with Gasteiger partial charge >= 0.3 is 0 Å². The predicted octanol–water partition coefficient (Wildman–Crippen LogP) is 4.08. The first-order valence-corrected chi connectivity index (χ1v) is 7.05. The molecule has 0 atom stereocenters. The molecule has 104 valence electrons. The number of aromatic nitrogens is 1. The molecule has 1 N–H and O–H groups in total. The molecule has 1 aromatic heterocycles. The number of anilines is 1. The van der Waals surface area contributed by atoms with Crippen molar-refractivity contribution < 1.29 is 4.79 Å². The molecule has 0 unspecified atom stereocenters. The summed E-state index contributed by atoms with van der Waals surface area (Å²) < 4.78 is 0. The van der Waals surface area contributed by atoms with E-state index in [1.807, 2.05) is 49.4 Å². The van der Waals surface area contributed by atoms with Crippen LogP contribution in [0.3, 0.4) is 0 Å². The Bertz CT molecular complexity index is 830. The maximum atomic E-state index is 12.3. The highest BCUT2D eigenvalue weighted by Gasteiger charge is 2.09. The molecule has 0 aliphatic heterocycles. The zero-order chi connectivity index (χ0) is 14.8. The number of rotatable bonds is 2. The van der Waals surface area contributed by atoms with E-state index < -0.39 is 0 Å². The first-order chi connectivity index (χ1) is 10.1. The number of hydrogen-bond donors (Lipinski definition) is 2. The molecule has 0 spiro atoms. The number of aryl methyl sites for hydroxylation is 1. The largest absolute Gasteiger partial charge is 0.320 e. The van der Waals surface area contributed by atoms with Crippen LogP contribution in [0.25, 0.3) is 10.9 Å². The summed E-state index contributed by atoms with van der Waals surface area (Å²) >= 11 is 4.25. The second-order valence-electron chi connectivity index (χ2n) is 4.83. The highest BCUT2D eigenvalue weighted by Crippen LogP contribution is 2.22. The molecule has 3 aromatic rings. The summed E-state index contributed by atoms with van der Waals surface area (Å²) in [5.74, 6) is -0.165. The van der Waals surface area contributed by atoms with E-state index >= 15 is 0 Å². The fraction of sp³-hybridized carbons (Fsp3) is 0.0588. The molecule has 21 heavy (non-hydrogen) atoms. The van der Waals surface area contributed by atoms with E-state index in [1.165, 1.54) is 0 Å². The Hall–Kier alpha value is -2.33. The second kappa shape index (κ2) is 5.58. The summed E-state index contributed by atoms with van der Waals surface area (Å²) in [7, 11) is 0. The molecule has 2 aromatic carbocycles. The van der Waals surface area contributed by atoms with Gasteiger partial charge in [-0.25, -0.2) is 0 Å². The lowest BCUT2D eigenvalue weighted by molar-refractivity contribution is 0.102. The van der Waals surface area contributed by atoms with Crippen LogP contribution in [0.5, 0.6) is 0 Å². The summed E-state index contributed by atoms with van der Waals surface area (Å²) in [5.41, 5.74) is 3.01. The summed E-state index contributed by atoms with van der Waals surface area (Å²) in [6.45, 7) is 1.93. The van der Waals surface area contributed by atoms with Gasteiger partial charge in [0.2, 0.25) is 0 Å². The minimum absolute atomic E-state index is 0.165. The fourth-order valence-corrected chi connectivity index (χ4v) is 2.41. The van der Waals surface area contributed by atoms with Crippen LogP contribution in [-0.4, -0.2) is 10.9 Å². The van der Waals surface area contributed by atoms with Crippen molar-refractivity contribution >= 4 is 35.1 Å². The minimum Gasteiger partial charge on any atom is -0.320 e. The molecule has 0 aliphatic carbocycles. The van der Waals surface area contributed by atoms with Gasteiger partial charge in [-0.1, -0.05) is 24.3 Å². The van der Waals surface area contributed by atoms with Crippen molar-refractivity contribution in [2.24, 2.45) is 0 Å². The highest BCUT2D eigenvalue weighted by molar-refractivity contribution is 7.80. The molecule has 1 heterocycles. The number of carbonyl (C=O) groups is 1. The van der Waals surface area contributed by atoms with Crippen LogP contribution in [0, 0.1) is 6.92 Å². The summed E-state index contributed by atoms with van der Waals surface area (Å²) in [6, 6.07) is 16.8. The number of fused-ring (bicyclic) bond motifs is 1. The van der Waals surface area contributed by atoms with E-state index in [1.54, 1.807) is 12.1 Å². The average molecular weight is 294 g/mol. The number of benzene rings is 2. The van der Waals surface area contributed by atoms with Crippen LogP contribution in [-0.2, 0) is 0 Å². The standard InChI is InChI=1S/C17H14N2OS/c1-11-8-9-12-4-3-7-15(16(12)18-11)19-17(20)13-5-2-6-14(21)10-13/h2-10,21H,1H3,(H,19,20). The van der Waals surface area contributed by atoms with Crippen molar-refractivity contribution in [2.75, 3.05) is 5.32 Å². The number of nitrogens with zero attached hydrogens (tertiary/aromatic N) is 1. The zero-order valence-electron chi connectivity index (χ0n) is 11.5. The molecule has 0 aliphatic rings. The van der Waals surface area contributed by atoms with Crippen LogP contribution < -0.4 is 5.32 Å². The number of carbonyl (C=O) groups excluding carboxylic acids is 1. The molecule has 4 heteroatoms. The van der Waals surface area contributed by atoms with Gasteiger partial charge in [-0.15, -0.1) is 12.6 Å². The third-order valence-corrected chi connectivity index (χ3v) is 3.49. The highest BCUT2D eigenvalue weighted by atomic mass is 32.1. The smallest absolute Gasteiger partial charge is 0.255 e. The Kier molecular flexibility index (Phi) is 3.62. The number of amides is 1. The summed E-state index contributed by atoms with van der Waals surface area (Å²) in [4.78, 5) is 17.6. The van der Waals surface area contributed by atoms with Gasteiger partial charge in [0.1, 0.15) is 0 Å². The van der Waals surface area contributed by atoms with Crippen LogP contribution in [0.4, 0.5) is 5.69 Å². The topological polar surface area (TPSA) is 42.0 Å². The average Bonchev–Trinajstić information content (AvgIpc) is 2.48. The van der Waals surface area contributed by atoms with Crippen molar-refractivity contribution in [3.8, 4) is 0 Å². The Morgan fingerprint density at radius 3 is 2.71 bits per heavy atom. The Balaban J connectivity index is 1.98. The van der Waals surface area contributed by atoms with Gasteiger partial charge in [0.15, 0.2) is 0 Å². The maximum absolute atomic E-state index is 12.3. The first-order valence-electron chi connectivity index (χ1n) is 6.60. The molecule has 0 radical (unpaired) electrons. The van der Waals surface area contributed by atoms with Crippen molar-refractivity contribution in [1.29, 1.82) is 0 Å². The number of pyridine rings is 1. The van der Waals surface area contributed by atoms with Gasteiger partial charge in [0.25, 0.3) is 5.91 Å². The van der Waals surface area contributed by atoms with Gasteiger partial charge < -0.3 is 5.32 Å². The van der Waals surface area contributed by atoms with Crippen molar-refractivity contribution in [3.05, 3.63) is 65.9 Å². The first kappa shape index (κ1) is 13.6. The van der Waals surface area contributed by atoms with Gasteiger partial charge in [0, 0.05) is 21.5 Å². The number of hydrogen-bond acceptors (Lipinski definition) is 3. The van der Waals surface area contributed by atoms with Gasteiger partial charge in [-0.05, 0) is 37.3 Å². The lowest BCUT2D eigenvalue weighted by Crippen LogP contribution is -2.12. The molecule has 0 fully saturated rings. The normalized spacial score (nSPS) is 10.6. The van der Waals surface area contributed by atoms with E-state index in [2.05, 4.69) is 22.9 Å². The quantitative estimate of drug-likeness (QED) is 0.699. The van der Waals surface area contributed by atoms with Crippen LogP contribution in [0.1, 0.15) is 16.1 Å². The van der Waals surface area contributed by atoms with Crippen molar-refractivity contribution in [3.63, 3.8) is 0 Å². The molecule has 3 rings (SSSR count). The molecule has 0 saturated heterocycles. The van der Waals surface area contributed by atoms with Crippen LogP contribution in [0.2, 0.25) is 0 Å². The summed E-state index contributed by atoms with van der Waals surface area (Å²) in [5, 5.41) is 3.92. The lowest BCUT2D eigenvalue weighted by atomic mass is 10.1. The Labute approximate surface area is 128 Å². The summed E-state index contributed by atoms with van der Waals surface area (Å²) in [6.07, 6.45) is 0. The van der Waals surface area contributed by atoms with E-state index in [0.29, 0.717) is 11.3 Å². The molecule has 0 saturated carbocycles. The van der Waals surface area contributed by atoms with E-state index in [0.717, 1.165) is 21.5 Å². The third kappa shape index (κ3) is 2.90. The van der Waals surface area contributed by atoms with Crippen molar-refractivity contribution in [1.82, 2.24) is 4.98 Å². The fourth-order valence-electron chi connectivity index (χ4n) is 2.19. The van der Waals surface area contributed by atoms with Gasteiger partial charge in [-0.2, -0.15) is 0 Å². The molecule has 1 amide bonds. The Morgan fingerprint density at radius 1 is 1.10 bits per heavy atom. The molecule has 0 bridgehead atoms. The Morgan fingerprint density at radius 2 is 1.90 bits per heavy atom. The molecular formula is C17H14N2OS. The molecular weight excluding hydrogens is 280 g/mol. The monoisotopic (exact) mass is 294 g/mol. The minimum atomic E-state index is -0.165. The van der Waals surface area contributed by atoms with Crippen molar-refractivity contribution in [2.45, 2.75) is 11.8 Å². The van der Waals surface area contributed by atoms with Gasteiger partial charge in [0.05, 0.1) is 11.2 Å². The number of para-hydroxylation sites is 1. The lowest BCUT2D eigenvalue weighted by Gasteiger charge is -2.09. The number of nitrogens with one attached hydrogen (secondary N) is 1. The van der Waals surface area contributed by atoms with Crippen LogP contribution >= 0.6 is 12.6 Å². The SMILES string of the molecule is Cc1ccc2cccc(NC(=O)c3cccc(S)c3)c2n1. The zero-order valence-corrected chi connectivity index (χ0v) is 12.4. The second-order valence-corrected chi connectivity index (χ2v) is 5.35. The maximum Gasteiger partial charge on any atom is 0.255 e. The van der Waals surface area contributed by atoms with Gasteiger partial charge in [-0.3, -0.25) is 9.78 Å².